The molecule has 0 amide bonds. The monoisotopic (exact) mass is 322 g/mol. The Kier molecular flexibility index (Phi) is 43.0. The van der Waals surface area contributed by atoms with Crippen molar-refractivity contribution in [3.8, 4) is 0 Å². The fourth-order valence-electron chi connectivity index (χ4n) is 0. The summed E-state index contributed by atoms with van der Waals surface area (Å²) in [7, 11) is 8.50. The van der Waals surface area contributed by atoms with Gasteiger partial charge in [0.1, 0.15) is 0 Å². The molecule has 0 heterocycles. The third-order valence-corrected chi connectivity index (χ3v) is 0. The molecule has 0 N–H and O–H groups in total. The first-order valence-corrected chi connectivity index (χ1v) is 1.79. The van der Waals surface area contributed by atoms with Gasteiger partial charge in [-0.05, 0) is 0 Å². The summed E-state index contributed by atoms with van der Waals surface area (Å²) in [6, 6.07) is 0. The van der Waals surface area contributed by atoms with Crippen LogP contribution >= 0.6 is 50.9 Å². The van der Waals surface area contributed by atoms with E-state index in [1.807, 2.05) is 0 Å². The summed E-state index contributed by atoms with van der Waals surface area (Å²) >= 11 is 0. The molecule has 9 heavy (non-hydrogen) atoms. The topological polar surface area (TPSA) is 0 Å². The van der Waals surface area contributed by atoms with Crippen molar-refractivity contribution in [3.63, 3.8) is 0 Å². The van der Waals surface area contributed by atoms with E-state index >= 15 is 0 Å². The van der Waals surface area contributed by atoms with E-state index in [1.54, 1.807) is 0 Å². The van der Waals surface area contributed by atoms with Gasteiger partial charge in [0.05, 0.1) is 28.2 Å². The van der Waals surface area contributed by atoms with Crippen LogP contribution < -0.4 is 0 Å². The van der Waals surface area contributed by atoms with E-state index in [2.05, 4.69) is 28.2 Å². The Bertz CT molecular complexity index is 31.3. The number of hydrogen-bond acceptors (Lipinski definition) is 0. The van der Waals surface area contributed by atoms with E-state index < -0.39 is 0 Å². The molecule has 0 saturated carbocycles. The van der Waals surface area contributed by atoms with E-state index in [0.29, 0.717) is 0 Å². The molecule has 58 valence electrons. The van der Waals surface area contributed by atoms with Crippen LogP contribution in [0.25, 0.3) is 0 Å². The first-order valence-electron chi connectivity index (χ1n) is 1.79. The van der Waals surface area contributed by atoms with E-state index in [9.17, 15) is 0 Å². The summed E-state index contributed by atoms with van der Waals surface area (Å²) in [5.74, 6) is 0. The number of hydrogen-bond donors (Lipinski definition) is 0. The average Bonchev–Trinajstić information content (AvgIpc) is 0.722. The Morgan fingerprint density at radius 1 is 0.667 bits per heavy atom. The predicted molar refractivity (Wildman–Crippen MR) is 62.1 cm³/mol. The molecule has 0 fully saturated rings. The van der Waals surface area contributed by atoms with Crippen LogP contribution in [0.3, 0.4) is 0 Å². The molecule has 0 aromatic carbocycles. The molecule has 0 radical (unpaired) electrons. The third kappa shape index (κ3) is 160. The molecule has 1 nitrogen and oxygen atoms in total. The van der Waals surface area contributed by atoms with Gasteiger partial charge in [-0.1, -0.05) is 0 Å². The molecule has 0 aliphatic carbocycles. The minimum atomic E-state index is 0. The van der Waals surface area contributed by atoms with Crippen molar-refractivity contribution in [1.82, 2.24) is 0 Å². The van der Waals surface area contributed by atoms with Crippen LogP contribution in [0.2, 0.25) is 0 Å². The summed E-state index contributed by atoms with van der Waals surface area (Å²) in [4.78, 5) is 0. The van der Waals surface area contributed by atoms with Crippen LogP contribution in [-0.2, 0) is 0 Å². The first-order chi connectivity index (χ1) is 2.00. The molecule has 0 aliphatic rings. The van der Waals surface area contributed by atoms with Crippen molar-refractivity contribution in [1.29, 1.82) is 0 Å². The van der Waals surface area contributed by atoms with Gasteiger partial charge in [0, 0.05) is 0 Å². The average molecular weight is 325 g/mol. The molecule has 0 unspecified atom stereocenters. The van der Waals surface area contributed by atoms with Crippen molar-refractivity contribution in [2.75, 3.05) is 28.2 Å². The summed E-state index contributed by atoms with van der Waals surface area (Å²) in [5.41, 5.74) is 0. The Morgan fingerprint density at radius 3 is 0.667 bits per heavy atom. The van der Waals surface area contributed by atoms with E-state index in [0.717, 1.165) is 4.48 Å². The van der Waals surface area contributed by atoms with Gasteiger partial charge in [-0.25, -0.2) is 0 Å². The molecule has 0 bridgehead atoms. The molecule has 0 aromatic heterocycles. The Balaban J connectivity index is -0.0000000133. The normalized spacial score (nSPS) is 6.67. The van der Waals surface area contributed by atoms with E-state index in [1.165, 1.54) is 0 Å². The van der Waals surface area contributed by atoms with Gasteiger partial charge in [-0.2, -0.15) is 0 Å². The predicted octanol–water partition coefficient (Wildman–Crippen LogP) is 1.41. The summed E-state index contributed by atoms with van der Waals surface area (Å²) in [6.45, 7) is 0. The molecule has 0 atom stereocenters. The second kappa shape index (κ2) is 12.7. The van der Waals surface area contributed by atoms with E-state index in [4.69, 9.17) is 0 Å². The van der Waals surface area contributed by atoms with Crippen LogP contribution in [0.4, 0.5) is 0 Å². The van der Waals surface area contributed by atoms with Gasteiger partial charge >= 0.3 is 18.9 Å². The summed E-state index contributed by atoms with van der Waals surface area (Å²) in [5, 5.41) is 0. The SMILES string of the molecule is Br.Br.Br.C[N+](C)(C)C.[LiH]. The van der Waals surface area contributed by atoms with Crippen LogP contribution in [0, 0.1) is 0 Å². The Labute approximate surface area is 102 Å². The molecule has 0 aliphatic heterocycles. The molecular weight excluding hydrogens is 309 g/mol. The van der Waals surface area contributed by atoms with Crippen molar-refractivity contribution in [3.05, 3.63) is 0 Å². The van der Waals surface area contributed by atoms with Gasteiger partial charge in [-0.3, -0.25) is 0 Å². The van der Waals surface area contributed by atoms with Crippen LogP contribution in [0.15, 0.2) is 0 Å². The minimum absolute atomic E-state index is 0. The third-order valence-electron chi connectivity index (χ3n) is 0. The number of nitrogens with zero attached hydrogens (tertiary/aromatic N) is 1. The van der Waals surface area contributed by atoms with Gasteiger partial charge in [-0.15, -0.1) is 50.9 Å². The fraction of sp³-hybridized carbons (Fsp3) is 1.00. The van der Waals surface area contributed by atoms with Gasteiger partial charge in [0.15, 0.2) is 0 Å². The maximum atomic E-state index is 2.12. The summed E-state index contributed by atoms with van der Waals surface area (Å²) < 4.78 is 1.00. The quantitative estimate of drug-likeness (QED) is 0.467. The fourth-order valence-corrected chi connectivity index (χ4v) is 0. The van der Waals surface area contributed by atoms with Crippen molar-refractivity contribution in [2.45, 2.75) is 0 Å². The molecule has 0 spiro atoms. The molecule has 5 heteroatoms. The molecule has 0 aromatic rings. The Hall–Kier alpha value is 2.00. The van der Waals surface area contributed by atoms with Crippen LogP contribution in [0.1, 0.15) is 0 Å². The molecular formula is C4H16Br3LiN+. The second-order valence-electron chi connectivity index (χ2n) is 2.68. The van der Waals surface area contributed by atoms with Gasteiger partial charge in [0.25, 0.3) is 0 Å². The molecule has 0 rings (SSSR count). The van der Waals surface area contributed by atoms with Crippen molar-refractivity contribution >= 4 is 69.8 Å². The zero-order chi connectivity index (χ0) is 4.50. The first kappa shape index (κ1) is 30.6. The Morgan fingerprint density at radius 2 is 0.667 bits per heavy atom. The van der Waals surface area contributed by atoms with Gasteiger partial charge in [0.2, 0.25) is 0 Å². The molecule has 0 saturated heterocycles. The van der Waals surface area contributed by atoms with Crippen LogP contribution in [0.5, 0.6) is 0 Å². The van der Waals surface area contributed by atoms with Crippen molar-refractivity contribution < 1.29 is 4.48 Å². The van der Waals surface area contributed by atoms with Crippen LogP contribution in [-0.4, -0.2) is 51.5 Å². The summed E-state index contributed by atoms with van der Waals surface area (Å²) in [6.07, 6.45) is 0. The zero-order valence-electron chi connectivity index (χ0n) is 5.67. The van der Waals surface area contributed by atoms with Crippen molar-refractivity contribution in [2.24, 2.45) is 0 Å². The van der Waals surface area contributed by atoms with Gasteiger partial charge < -0.3 is 4.48 Å². The second-order valence-corrected chi connectivity index (χ2v) is 2.68. The zero-order valence-corrected chi connectivity index (χ0v) is 10.8. The number of rotatable bonds is 0. The number of halogens is 3. The van der Waals surface area contributed by atoms with E-state index in [-0.39, 0.29) is 69.8 Å². The maximum absolute atomic E-state index is 2.12. The number of quaternary nitrogens is 1. The standard InChI is InChI=1S/C4H12N.3BrH.Li.H/c1-5(2,3)4;;;;;/h1-4H3;3*1H;;/q+1;;;;;.